The maximum atomic E-state index is 11.5. The molecule has 0 aliphatic heterocycles. The predicted octanol–water partition coefficient (Wildman–Crippen LogP) is 1.39. The molecule has 0 saturated heterocycles. The highest BCUT2D eigenvalue weighted by Gasteiger charge is 2.21. The van der Waals surface area contributed by atoms with Crippen LogP contribution in [0.3, 0.4) is 0 Å². The first-order chi connectivity index (χ1) is 7.26. The van der Waals surface area contributed by atoms with Crippen LogP contribution in [0.2, 0.25) is 0 Å². The van der Waals surface area contributed by atoms with Gasteiger partial charge in [-0.1, -0.05) is 0 Å². The molecule has 88 valence electrons. The van der Waals surface area contributed by atoms with Crippen molar-refractivity contribution >= 4 is 17.7 Å². The van der Waals surface area contributed by atoms with Crippen LogP contribution < -0.4 is 10.6 Å². The van der Waals surface area contributed by atoms with Gasteiger partial charge in [-0.15, -0.1) is 0 Å². The van der Waals surface area contributed by atoms with Crippen molar-refractivity contribution in [2.45, 2.75) is 43.4 Å². The van der Waals surface area contributed by atoms with Crippen molar-refractivity contribution in [3.05, 3.63) is 0 Å². The largest absolute Gasteiger partial charge is 0.353 e. The fraction of sp³-hybridized carbons (Fsp3) is 0.909. The van der Waals surface area contributed by atoms with Crippen LogP contribution in [0.25, 0.3) is 0 Å². The van der Waals surface area contributed by atoms with E-state index in [2.05, 4.69) is 16.9 Å². The highest BCUT2D eigenvalue weighted by molar-refractivity contribution is 7.99. The third-order valence-electron chi connectivity index (χ3n) is 2.97. The van der Waals surface area contributed by atoms with Crippen molar-refractivity contribution in [1.29, 1.82) is 0 Å². The molecule has 0 aromatic rings. The van der Waals surface area contributed by atoms with Gasteiger partial charge in [0.15, 0.2) is 0 Å². The summed E-state index contributed by atoms with van der Waals surface area (Å²) in [5.41, 5.74) is 0. The van der Waals surface area contributed by atoms with E-state index in [0.717, 1.165) is 24.6 Å². The molecule has 1 saturated carbocycles. The van der Waals surface area contributed by atoms with E-state index in [0.29, 0.717) is 12.5 Å². The topological polar surface area (TPSA) is 41.1 Å². The lowest BCUT2D eigenvalue weighted by molar-refractivity contribution is -0.121. The number of carbonyl (C=O) groups excluding carboxylic acids is 1. The Kier molecular flexibility index (Phi) is 6.10. The number of carbonyl (C=O) groups is 1. The van der Waals surface area contributed by atoms with Crippen molar-refractivity contribution in [3.63, 3.8) is 0 Å². The van der Waals surface area contributed by atoms with E-state index in [1.807, 2.05) is 18.8 Å². The molecule has 1 fully saturated rings. The van der Waals surface area contributed by atoms with Gasteiger partial charge in [0, 0.05) is 24.3 Å². The van der Waals surface area contributed by atoms with Crippen molar-refractivity contribution in [2.75, 3.05) is 19.8 Å². The van der Waals surface area contributed by atoms with Crippen LogP contribution in [0, 0.1) is 0 Å². The van der Waals surface area contributed by atoms with Gasteiger partial charge in [-0.2, -0.15) is 11.8 Å². The highest BCUT2D eigenvalue weighted by Crippen LogP contribution is 2.26. The maximum Gasteiger partial charge on any atom is 0.221 e. The molecule has 3 nitrogen and oxygen atoms in total. The number of nitrogens with one attached hydrogen (secondary N) is 2. The summed E-state index contributed by atoms with van der Waals surface area (Å²) in [5, 5.41) is 6.91. The summed E-state index contributed by atoms with van der Waals surface area (Å²) in [6.45, 7) is 0.770. The third kappa shape index (κ3) is 4.89. The second-order valence-electron chi connectivity index (χ2n) is 4.13. The van der Waals surface area contributed by atoms with E-state index in [-0.39, 0.29) is 5.91 Å². The van der Waals surface area contributed by atoms with Crippen LogP contribution in [0.4, 0.5) is 0 Å². The smallest absolute Gasteiger partial charge is 0.221 e. The van der Waals surface area contributed by atoms with Crippen LogP contribution in [0.5, 0.6) is 0 Å². The molecule has 0 spiro atoms. The zero-order valence-corrected chi connectivity index (χ0v) is 10.5. The summed E-state index contributed by atoms with van der Waals surface area (Å²) in [4.78, 5) is 11.5. The average Bonchev–Trinajstić information content (AvgIpc) is 2.27. The second-order valence-corrected chi connectivity index (χ2v) is 5.27. The van der Waals surface area contributed by atoms with Crippen LogP contribution in [-0.4, -0.2) is 37.0 Å². The summed E-state index contributed by atoms with van der Waals surface area (Å²) in [6, 6.07) is 0.428. The molecule has 2 N–H and O–H groups in total. The first-order valence-corrected chi connectivity index (χ1v) is 7.01. The Morgan fingerprint density at radius 3 is 2.53 bits per heavy atom. The number of rotatable bonds is 5. The fourth-order valence-corrected chi connectivity index (χ4v) is 2.72. The predicted molar refractivity (Wildman–Crippen MR) is 66.2 cm³/mol. The van der Waals surface area contributed by atoms with Gasteiger partial charge in [-0.3, -0.25) is 4.79 Å². The van der Waals surface area contributed by atoms with E-state index in [1.165, 1.54) is 12.8 Å². The van der Waals surface area contributed by atoms with Crippen molar-refractivity contribution in [1.82, 2.24) is 10.6 Å². The average molecular weight is 230 g/mol. The zero-order chi connectivity index (χ0) is 11.1. The molecule has 0 unspecified atom stereocenters. The van der Waals surface area contributed by atoms with Crippen molar-refractivity contribution < 1.29 is 4.79 Å². The molecule has 0 aromatic heterocycles. The lowest BCUT2D eigenvalue weighted by Gasteiger charge is -2.28. The fourth-order valence-electron chi connectivity index (χ4n) is 1.98. The normalized spacial score (nSPS) is 26.3. The quantitative estimate of drug-likeness (QED) is 0.750. The summed E-state index contributed by atoms with van der Waals surface area (Å²) in [7, 11) is 1.87. The third-order valence-corrected chi connectivity index (χ3v) is 4.11. The monoisotopic (exact) mass is 230 g/mol. The van der Waals surface area contributed by atoms with E-state index >= 15 is 0 Å². The van der Waals surface area contributed by atoms with E-state index in [9.17, 15) is 4.79 Å². The maximum absolute atomic E-state index is 11.5. The van der Waals surface area contributed by atoms with Gasteiger partial charge in [0.2, 0.25) is 5.91 Å². The van der Waals surface area contributed by atoms with Gasteiger partial charge < -0.3 is 10.6 Å². The summed E-state index contributed by atoms with van der Waals surface area (Å²) >= 11 is 1.96. The standard InChI is InChI=1S/C11H22N2OS/c1-12-8-7-11(14)13-9-3-5-10(15-2)6-4-9/h9-10,12H,3-8H2,1-2H3,(H,13,14). The number of hydrogen-bond acceptors (Lipinski definition) is 3. The Balaban J connectivity index is 2.15. The van der Waals surface area contributed by atoms with Gasteiger partial charge in [0.05, 0.1) is 0 Å². The SMILES string of the molecule is CNCCC(=O)NC1CCC(SC)CC1. The Labute approximate surface area is 96.8 Å². The molecule has 0 heterocycles. The molecule has 4 heteroatoms. The van der Waals surface area contributed by atoms with Gasteiger partial charge in [-0.25, -0.2) is 0 Å². The molecule has 1 aliphatic rings. The molecule has 1 aliphatic carbocycles. The minimum absolute atomic E-state index is 0.192. The molecule has 0 aromatic carbocycles. The first kappa shape index (κ1) is 12.8. The molecule has 15 heavy (non-hydrogen) atoms. The highest BCUT2D eigenvalue weighted by atomic mass is 32.2. The lowest BCUT2D eigenvalue weighted by Crippen LogP contribution is -2.38. The first-order valence-electron chi connectivity index (χ1n) is 5.73. The van der Waals surface area contributed by atoms with Gasteiger partial charge in [0.25, 0.3) is 0 Å². The molecule has 0 atom stereocenters. The van der Waals surface area contributed by atoms with Gasteiger partial charge in [-0.05, 0) is 39.0 Å². The van der Waals surface area contributed by atoms with Crippen molar-refractivity contribution in [2.24, 2.45) is 0 Å². The van der Waals surface area contributed by atoms with Crippen LogP contribution >= 0.6 is 11.8 Å². The van der Waals surface area contributed by atoms with Crippen molar-refractivity contribution in [3.8, 4) is 0 Å². The van der Waals surface area contributed by atoms with E-state index in [1.54, 1.807) is 0 Å². The van der Waals surface area contributed by atoms with Gasteiger partial charge in [0.1, 0.15) is 0 Å². The Hall–Kier alpha value is -0.220. The molecule has 1 amide bonds. The Bertz CT molecular complexity index is 191. The minimum atomic E-state index is 0.192. The molecule has 1 rings (SSSR count). The number of amides is 1. The summed E-state index contributed by atoms with van der Waals surface area (Å²) < 4.78 is 0. The van der Waals surface area contributed by atoms with Gasteiger partial charge >= 0.3 is 0 Å². The molecular formula is C11H22N2OS. The van der Waals surface area contributed by atoms with Crippen LogP contribution in [0.1, 0.15) is 32.1 Å². The number of hydrogen-bond donors (Lipinski definition) is 2. The van der Waals surface area contributed by atoms with Crippen LogP contribution in [0.15, 0.2) is 0 Å². The summed E-state index contributed by atoms with van der Waals surface area (Å²) in [6.07, 6.45) is 7.57. The van der Waals surface area contributed by atoms with E-state index < -0.39 is 0 Å². The summed E-state index contributed by atoms with van der Waals surface area (Å²) in [5.74, 6) is 0.192. The molecular weight excluding hydrogens is 208 g/mol. The van der Waals surface area contributed by atoms with Crippen LogP contribution in [-0.2, 0) is 4.79 Å². The Morgan fingerprint density at radius 2 is 2.00 bits per heavy atom. The zero-order valence-electron chi connectivity index (χ0n) is 9.71. The Morgan fingerprint density at radius 1 is 1.33 bits per heavy atom. The lowest BCUT2D eigenvalue weighted by atomic mass is 9.95. The van der Waals surface area contributed by atoms with E-state index in [4.69, 9.17) is 0 Å². The minimum Gasteiger partial charge on any atom is -0.353 e. The number of thioether (sulfide) groups is 1. The second kappa shape index (κ2) is 7.12. The molecule has 0 radical (unpaired) electrons. The molecule has 0 bridgehead atoms.